The first kappa shape index (κ1) is 15.9. The van der Waals surface area contributed by atoms with Crippen molar-refractivity contribution in [1.29, 1.82) is 0 Å². The van der Waals surface area contributed by atoms with Crippen molar-refractivity contribution in [3.8, 4) is 11.5 Å². The number of hydrogen-bond donors (Lipinski definition) is 1. The van der Waals surface area contributed by atoms with E-state index in [2.05, 4.69) is 5.32 Å². The molecule has 3 aromatic carbocycles. The Morgan fingerprint density at radius 3 is 2.42 bits per heavy atom. The number of nitrogens with one attached hydrogen (secondary N) is 1. The van der Waals surface area contributed by atoms with Crippen LogP contribution in [0.1, 0.15) is 6.92 Å². The van der Waals surface area contributed by atoms with E-state index in [0.29, 0.717) is 11.4 Å². The van der Waals surface area contributed by atoms with Crippen molar-refractivity contribution in [1.82, 2.24) is 0 Å². The van der Waals surface area contributed by atoms with Gasteiger partial charge >= 0.3 is 0 Å². The Kier molecular flexibility index (Phi) is 4.66. The molecule has 0 aromatic heterocycles. The average Bonchev–Trinajstić information content (AvgIpc) is 2.62. The maximum absolute atomic E-state index is 12.3. The topological polar surface area (TPSA) is 47.6 Å². The number of anilines is 1. The molecule has 24 heavy (non-hydrogen) atoms. The molecule has 122 valence electrons. The minimum absolute atomic E-state index is 0.201. The third-order valence-electron chi connectivity index (χ3n) is 3.78. The number of hydrogen-bond acceptors (Lipinski definition) is 3. The van der Waals surface area contributed by atoms with Gasteiger partial charge in [0.15, 0.2) is 6.10 Å². The van der Waals surface area contributed by atoms with Gasteiger partial charge in [0.2, 0.25) is 0 Å². The van der Waals surface area contributed by atoms with Crippen molar-refractivity contribution in [3.05, 3.63) is 66.7 Å². The van der Waals surface area contributed by atoms with Crippen molar-refractivity contribution in [2.45, 2.75) is 13.0 Å². The lowest BCUT2D eigenvalue weighted by Gasteiger charge is -2.16. The maximum Gasteiger partial charge on any atom is 0.265 e. The van der Waals surface area contributed by atoms with Gasteiger partial charge < -0.3 is 14.8 Å². The first-order valence-electron chi connectivity index (χ1n) is 7.77. The summed E-state index contributed by atoms with van der Waals surface area (Å²) in [6.07, 6.45) is -0.613. The first-order chi connectivity index (χ1) is 11.7. The van der Waals surface area contributed by atoms with E-state index in [-0.39, 0.29) is 5.91 Å². The van der Waals surface area contributed by atoms with E-state index in [1.54, 1.807) is 38.3 Å². The molecule has 0 radical (unpaired) electrons. The van der Waals surface area contributed by atoms with E-state index in [1.165, 1.54) is 0 Å². The van der Waals surface area contributed by atoms with E-state index in [1.807, 2.05) is 42.5 Å². The fourth-order valence-corrected chi connectivity index (χ4v) is 2.46. The molecule has 1 N–H and O–H groups in total. The zero-order valence-electron chi connectivity index (χ0n) is 13.7. The molecule has 0 aliphatic heterocycles. The van der Waals surface area contributed by atoms with Gasteiger partial charge in [-0.1, -0.05) is 36.4 Å². The second kappa shape index (κ2) is 7.04. The molecule has 1 amide bonds. The highest BCUT2D eigenvalue weighted by atomic mass is 16.5. The predicted octanol–water partition coefficient (Wildman–Crippen LogP) is 4.25. The Labute approximate surface area is 141 Å². The number of ether oxygens (including phenoxy) is 2. The molecule has 0 fully saturated rings. The summed E-state index contributed by atoms with van der Waals surface area (Å²) in [5.41, 5.74) is 0.703. The minimum Gasteiger partial charge on any atom is -0.497 e. The smallest absolute Gasteiger partial charge is 0.265 e. The monoisotopic (exact) mass is 321 g/mol. The van der Waals surface area contributed by atoms with E-state index in [9.17, 15) is 4.79 Å². The van der Waals surface area contributed by atoms with Crippen LogP contribution in [0.5, 0.6) is 11.5 Å². The fourth-order valence-electron chi connectivity index (χ4n) is 2.46. The number of benzene rings is 3. The van der Waals surface area contributed by atoms with Gasteiger partial charge in [-0.05, 0) is 42.6 Å². The molecule has 3 aromatic rings. The van der Waals surface area contributed by atoms with Crippen LogP contribution < -0.4 is 14.8 Å². The third kappa shape index (κ3) is 3.49. The number of amides is 1. The summed E-state index contributed by atoms with van der Waals surface area (Å²) in [5, 5.41) is 4.91. The standard InChI is InChI=1S/C20H19NO3/c1-14(20(22)21-16-10-12-17(23-2)13-11-16)24-19-9-5-7-15-6-3-4-8-18(15)19/h3-14H,1-2H3,(H,21,22)/t14-/m1/s1. The van der Waals surface area contributed by atoms with Crippen LogP contribution in [0, 0.1) is 0 Å². The Balaban J connectivity index is 1.71. The molecule has 0 heterocycles. The quantitative estimate of drug-likeness (QED) is 0.764. The van der Waals surface area contributed by atoms with Crippen LogP contribution in [-0.2, 0) is 4.79 Å². The predicted molar refractivity (Wildman–Crippen MR) is 95.7 cm³/mol. The van der Waals surface area contributed by atoms with Crippen molar-refractivity contribution < 1.29 is 14.3 Å². The van der Waals surface area contributed by atoms with E-state index >= 15 is 0 Å². The number of fused-ring (bicyclic) bond motifs is 1. The summed E-state index contributed by atoms with van der Waals surface area (Å²) >= 11 is 0. The van der Waals surface area contributed by atoms with Crippen molar-refractivity contribution >= 4 is 22.4 Å². The molecule has 0 aliphatic carbocycles. The van der Waals surface area contributed by atoms with Gasteiger partial charge in [0.05, 0.1) is 7.11 Å². The summed E-state index contributed by atoms with van der Waals surface area (Å²) in [4.78, 5) is 12.3. The summed E-state index contributed by atoms with van der Waals surface area (Å²) in [6.45, 7) is 1.74. The molecule has 3 rings (SSSR count). The van der Waals surface area contributed by atoms with Gasteiger partial charge in [0.25, 0.3) is 5.91 Å². The number of carbonyl (C=O) groups is 1. The Morgan fingerprint density at radius 1 is 0.958 bits per heavy atom. The molecular formula is C20H19NO3. The SMILES string of the molecule is COc1ccc(NC(=O)[C@@H](C)Oc2cccc3ccccc23)cc1. The minimum atomic E-state index is -0.613. The van der Waals surface area contributed by atoms with E-state index in [0.717, 1.165) is 16.5 Å². The first-order valence-corrected chi connectivity index (χ1v) is 7.77. The fraction of sp³-hybridized carbons (Fsp3) is 0.150. The number of rotatable bonds is 5. The zero-order valence-corrected chi connectivity index (χ0v) is 13.7. The van der Waals surface area contributed by atoms with Crippen molar-refractivity contribution in [2.24, 2.45) is 0 Å². The highest BCUT2D eigenvalue weighted by Crippen LogP contribution is 2.26. The second-order valence-corrected chi connectivity index (χ2v) is 5.46. The third-order valence-corrected chi connectivity index (χ3v) is 3.78. The second-order valence-electron chi connectivity index (χ2n) is 5.46. The van der Waals surface area contributed by atoms with Crippen LogP contribution in [0.25, 0.3) is 10.8 Å². The largest absolute Gasteiger partial charge is 0.497 e. The lowest BCUT2D eigenvalue weighted by molar-refractivity contribution is -0.122. The van der Waals surface area contributed by atoms with Crippen LogP contribution in [0.15, 0.2) is 66.7 Å². The lowest BCUT2D eigenvalue weighted by Crippen LogP contribution is -2.30. The molecule has 0 saturated heterocycles. The Morgan fingerprint density at radius 2 is 1.67 bits per heavy atom. The highest BCUT2D eigenvalue weighted by Gasteiger charge is 2.16. The highest BCUT2D eigenvalue weighted by molar-refractivity contribution is 5.95. The Hall–Kier alpha value is -3.01. The molecule has 4 heteroatoms. The Bertz CT molecular complexity index is 838. The molecule has 0 spiro atoms. The van der Waals surface area contributed by atoms with Crippen LogP contribution >= 0.6 is 0 Å². The zero-order chi connectivity index (χ0) is 16.9. The molecule has 4 nitrogen and oxygen atoms in total. The van der Waals surface area contributed by atoms with Gasteiger partial charge in [-0.25, -0.2) is 0 Å². The maximum atomic E-state index is 12.3. The molecule has 0 saturated carbocycles. The average molecular weight is 321 g/mol. The summed E-state index contributed by atoms with van der Waals surface area (Å²) < 4.78 is 11.0. The van der Waals surface area contributed by atoms with Gasteiger partial charge in [-0.15, -0.1) is 0 Å². The van der Waals surface area contributed by atoms with Crippen LogP contribution in [0.3, 0.4) is 0 Å². The summed E-state index contributed by atoms with van der Waals surface area (Å²) in [7, 11) is 1.60. The van der Waals surface area contributed by atoms with Crippen LogP contribution in [0.2, 0.25) is 0 Å². The van der Waals surface area contributed by atoms with Gasteiger partial charge in [-0.3, -0.25) is 4.79 Å². The number of methoxy groups -OCH3 is 1. The molecule has 0 aliphatic rings. The molecular weight excluding hydrogens is 302 g/mol. The van der Waals surface area contributed by atoms with E-state index in [4.69, 9.17) is 9.47 Å². The van der Waals surface area contributed by atoms with Gasteiger partial charge in [0, 0.05) is 11.1 Å². The van der Waals surface area contributed by atoms with Crippen molar-refractivity contribution in [3.63, 3.8) is 0 Å². The molecule has 0 unspecified atom stereocenters. The van der Waals surface area contributed by atoms with Gasteiger partial charge in [-0.2, -0.15) is 0 Å². The summed E-state index contributed by atoms with van der Waals surface area (Å²) in [6, 6.07) is 20.9. The van der Waals surface area contributed by atoms with E-state index < -0.39 is 6.10 Å². The van der Waals surface area contributed by atoms with Crippen molar-refractivity contribution in [2.75, 3.05) is 12.4 Å². The normalized spacial score (nSPS) is 11.8. The van der Waals surface area contributed by atoms with Crippen LogP contribution in [0.4, 0.5) is 5.69 Å². The van der Waals surface area contributed by atoms with Crippen LogP contribution in [-0.4, -0.2) is 19.1 Å². The lowest BCUT2D eigenvalue weighted by atomic mass is 10.1. The number of carbonyl (C=O) groups excluding carboxylic acids is 1. The molecule has 1 atom stereocenters. The van der Waals surface area contributed by atoms with Gasteiger partial charge in [0.1, 0.15) is 11.5 Å². The molecule has 0 bridgehead atoms. The summed E-state index contributed by atoms with van der Waals surface area (Å²) in [5.74, 6) is 1.24.